The van der Waals surface area contributed by atoms with Crippen molar-refractivity contribution in [3.63, 3.8) is 0 Å². The number of nitrogens with one attached hydrogen (secondary N) is 1. The molecule has 0 aliphatic carbocycles. The average Bonchev–Trinajstić information content (AvgIpc) is 3.33. The number of para-hydroxylation sites is 2. The Labute approximate surface area is 271 Å². The van der Waals surface area contributed by atoms with Crippen LogP contribution in [0.2, 0.25) is 0 Å². The van der Waals surface area contributed by atoms with Gasteiger partial charge in [0.05, 0.1) is 24.3 Å². The Balaban J connectivity index is 1.53. The molecule has 1 amide bonds. The Bertz CT molecular complexity index is 1700. The Morgan fingerprint density at radius 2 is 1.67 bits per heavy atom. The van der Waals surface area contributed by atoms with Crippen LogP contribution >= 0.6 is 0 Å². The topological polar surface area (TPSA) is 125 Å². The van der Waals surface area contributed by atoms with Crippen LogP contribution in [0.15, 0.2) is 84.6 Å². The summed E-state index contributed by atoms with van der Waals surface area (Å²) < 4.78 is 44.7. The first-order valence-electron chi connectivity index (χ1n) is 15.3. The standard InChI is InChI=1S/C35H43N3O7S/c1-25(2)32(39)44-22-19-36-33(40)45-23-21-38-29-16-10-8-14-27(29)35(5,6)31(38)18-11-17-30-34(3,4)26-13-7-9-15-28(26)37(30)20-12-24-46(41,42)43/h7-11,13-18H,1,12,19-24H2,2-6H3,(H-,36,40,41,42,43)/p+1. The van der Waals surface area contributed by atoms with E-state index in [0.29, 0.717) is 18.7 Å². The highest BCUT2D eigenvalue weighted by Gasteiger charge is 2.44. The fourth-order valence-corrected chi connectivity index (χ4v) is 6.59. The van der Waals surface area contributed by atoms with Crippen LogP contribution in [0, 0.1) is 0 Å². The van der Waals surface area contributed by atoms with E-state index < -0.39 is 22.2 Å². The van der Waals surface area contributed by atoms with Gasteiger partial charge in [-0.1, -0.05) is 62.9 Å². The maximum absolute atomic E-state index is 12.3. The Hall–Kier alpha value is -4.22. The third-order valence-corrected chi connectivity index (χ3v) is 9.20. The number of amides is 1. The zero-order valence-electron chi connectivity index (χ0n) is 27.2. The number of hydrogen-bond acceptors (Lipinski definition) is 7. The zero-order valence-corrected chi connectivity index (χ0v) is 28.0. The molecule has 2 heterocycles. The van der Waals surface area contributed by atoms with Crippen molar-refractivity contribution in [3.05, 3.63) is 95.7 Å². The van der Waals surface area contributed by atoms with Gasteiger partial charge in [0.25, 0.3) is 10.1 Å². The van der Waals surface area contributed by atoms with Gasteiger partial charge in [-0.2, -0.15) is 13.0 Å². The maximum atomic E-state index is 12.3. The van der Waals surface area contributed by atoms with Crippen molar-refractivity contribution < 1.29 is 36.6 Å². The molecule has 0 fully saturated rings. The van der Waals surface area contributed by atoms with E-state index in [1.54, 1.807) is 6.92 Å². The summed E-state index contributed by atoms with van der Waals surface area (Å²) in [5.41, 5.74) is 6.05. The first kappa shape index (κ1) is 34.6. The lowest BCUT2D eigenvalue weighted by Crippen LogP contribution is -2.33. The smallest absolute Gasteiger partial charge is 0.407 e. The van der Waals surface area contributed by atoms with Crippen molar-refractivity contribution >= 4 is 39.3 Å². The van der Waals surface area contributed by atoms with Crippen LogP contribution < -0.4 is 10.2 Å². The Morgan fingerprint density at radius 1 is 1.00 bits per heavy atom. The first-order chi connectivity index (χ1) is 21.6. The molecule has 0 saturated heterocycles. The number of esters is 1. The Kier molecular flexibility index (Phi) is 10.6. The van der Waals surface area contributed by atoms with Crippen LogP contribution in [-0.2, 0) is 35.2 Å². The van der Waals surface area contributed by atoms with Gasteiger partial charge in [-0.05, 0) is 38.5 Å². The predicted octanol–water partition coefficient (Wildman–Crippen LogP) is 5.42. The van der Waals surface area contributed by atoms with Crippen molar-refractivity contribution in [1.82, 2.24) is 5.32 Å². The van der Waals surface area contributed by atoms with Gasteiger partial charge in [0.1, 0.15) is 19.8 Å². The average molecular weight is 651 g/mol. The molecule has 11 heteroatoms. The minimum atomic E-state index is -4.06. The van der Waals surface area contributed by atoms with Crippen molar-refractivity contribution in [2.45, 2.75) is 51.9 Å². The van der Waals surface area contributed by atoms with Gasteiger partial charge < -0.3 is 19.7 Å². The van der Waals surface area contributed by atoms with Gasteiger partial charge in [0.15, 0.2) is 5.71 Å². The molecule has 0 unspecified atom stereocenters. The number of anilines is 1. The summed E-state index contributed by atoms with van der Waals surface area (Å²) in [7, 11) is -4.06. The number of carbonyl (C=O) groups is 2. The molecule has 2 aromatic rings. The molecular weight excluding hydrogens is 606 g/mol. The summed E-state index contributed by atoms with van der Waals surface area (Å²) in [6, 6.07) is 16.3. The summed E-state index contributed by atoms with van der Waals surface area (Å²) in [6.45, 7) is 14.8. The highest BCUT2D eigenvalue weighted by atomic mass is 32.2. The quantitative estimate of drug-likeness (QED) is 0.0968. The molecular formula is C35H44N3O7S+. The molecule has 4 rings (SSSR count). The molecule has 0 atom stereocenters. The lowest BCUT2D eigenvalue weighted by atomic mass is 9.81. The van der Waals surface area contributed by atoms with E-state index in [4.69, 9.17) is 9.47 Å². The lowest BCUT2D eigenvalue weighted by molar-refractivity contribution is -0.437. The van der Waals surface area contributed by atoms with Crippen LogP contribution in [0.25, 0.3) is 0 Å². The van der Waals surface area contributed by atoms with E-state index >= 15 is 0 Å². The van der Waals surface area contributed by atoms with Gasteiger partial charge in [-0.3, -0.25) is 4.55 Å². The van der Waals surface area contributed by atoms with E-state index in [1.165, 1.54) is 0 Å². The number of benzene rings is 2. The zero-order chi connectivity index (χ0) is 33.7. The summed E-state index contributed by atoms with van der Waals surface area (Å²) in [5, 5.41) is 2.59. The molecule has 2 aromatic carbocycles. The van der Waals surface area contributed by atoms with Crippen LogP contribution in [0.1, 0.15) is 52.2 Å². The fourth-order valence-electron chi connectivity index (χ4n) is 6.10. The lowest BCUT2D eigenvalue weighted by Gasteiger charge is -2.27. The second kappa shape index (κ2) is 14.0. The molecule has 0 spiro atoms. The first-order valence-corrected chi connectivity index (χ1v) is 16.9. The molecule has 0 radical (unpaired) electrons. The highest BCUT2D eigenvalue weighted by Crippen LogP contribution is 2.47. The van der Waals surface area contributed by atoms with Crippen LogP contribution in [-0.4, -0.2) is 73.9 Å². The van der Waals surface area contributed by atoms with Gasteiger partial charge in [-0.25, -0.2) is 9.59 Å². The maximum Gasteiger partial charge on any atom is 0.407 e. The third kappa shape index (κ3) is 7.76. The second-order valence-corrected chi connectivity index (χ2v) is 14.1. The molecule has 0 aromatic heterocycles. The fraction of sp³-hybridized carbons (Fsp3) is 0.400. The number of fused-ring (bicyclic) bond motifs is 2. The molecule has 2 N–H and O–H groups in total. The second-order valence-electron chi connectivity index (χ2n) is 12.5. The summed E-state index contributed by atoms with van der Waals surface area (Å²) in [4.78, 5) is 26.0. The van der Waals surface area contributed by atoms with Crippen LogP contribution in [0.3, 0.4) is 0 Å². The van der Waals surface area contributed by atoms with E-state index in [2.05, 4.69) is 79.4 Å². The monoisotopic (exact) mass is 650 g/mol. The minimum Gasteiger partial charge on any atom is -0.460 e. The number of ether oxygens (including phenoxy) is 2. The van der Waals surface area contributed by atoms with E-state index in [-0.39, 0.29) is 42.8 Å². The van der Waals surface area contributed by atoms with Crippen molar-refractivity contribution in [3.8, 4) is 0 Å². The number of nitrogens with zero attached hydrogens (tertiary/aromatic N) is 2. The predicted molar refractivity (Wildman–Crippen MR) is 179 cm³/mol. The molecule has 2 aliphatic rings. The Morgan fingerprint density at radius 3 is 2.37 bits per heavy atom. The van der Waals surface area contributed by atoms with Crippen LogP contribution in [0.4, 0.5) is 16.2 Å². The molecule has 0 saturated carbocycles. The van der Waals surface area contributed by atoms with Gasteiger partial charge in [-0.15, -0.1) is 0 Å². The summed E-state index contributed by atoms with van der Waals surface area (Å²) in [6.07, 6.45) is 5.86. The van der Waals surface area contributed by atoms with Gasteiger partial charge in [0, 0.05) is 46.5 Å². The number of carbonyl (C=O) groups excluding carboxylic acids is 2. The van der Waals surface area contributed by atoms with Crippen LogP contribution in [0.5, 0.6) is 0 Å². The summed E-state index contributed by atoms with van der Waals surface area (Å²) in [5.74, 6) is -0.819. The highest BCUT2D eigenvalue weighted by molar-refractivity contribution is 7.85. The largest absolute Gasteiger partial charge is 0.460 e. The molecule has 0 bridgehead atoms. The van der Waals surface area contributed by atoms with Gasteiger partial charge >= 0.3 is 12.1 Å². The number of hydrogen-bond donors (Lipinski definition) is 2. The minimum absolute atomic E-state index is 0.0204. The normalized spacial score (nSPS) is 17.3. The molecule has 2 aliphatic heterocycles. The van der Waals surface area contributed by atoms with Crippen molar-refractivity contribution in [2.75, 3.05) is 43.5 Å². The van der Waals surface area contributed by atoms with Crippen molar-refractivity contribution in [2.24, 2.45) is 0 Å². The number of allylic oxidation sites excluding steroid dienone is 4. The van der Waals surface area contributed by atoms with E-state index in [9.17, 15) is 22.6 Å². The molecule has 10 nitrogen and oxygen atoms in total. The number of alkyl carbamates (subject to hydrolysis) is 1. The number of rotatable bonds is 13. The SMILES string of the molecule is C=C(C)C(=O)OCCNC(=O)OCCN1/C(=C\C=C\C2=[N+](CCCS(=O)(=O)O)c3ccccc3C2(C)C)C(C)(C)c2ccccc21. The van der Waals surface area contributed by atoms with E-state index in [0.717, 1.165) is 33.9 Å². The van der Waals surface area contributed by atoms with Gasteiger partial charge in [0.2, 0.25) is 5.69 Å². The van der Waals surface area contributed by atoms with E-state index in [1.807, 2.05) is 36.4 Å². The van der Waals surface area contributed by atoms with Crippen molar-refractivity contribution in [1.29, 1.82) is 0 Å². The molecule has 246 valence electrons. The third-order valence-electron chi connectivity index (χ3n) is 8.39. The molecule has 46 heavy (non-hydrogen) atoms. The summed E-state index contributed by atoms with van der Waals surface area (Å²) >= 11 is 0.